The first-order valence-electron chi connectivity index (χ1n) is 21.4. The van der Waals surface area contributed by atoms with Crippen LogP contribution < -0.4 is 5.32 Å². The molecule has 0 bridgehead atoms. The third kappa shape index (κ3) is 24.8. The van der Waals surface area contributed by atoms with E-state index in [0.717, 1.165) is 38.5 Å². The van der Waals surface area contributed by atoms with Crippen LogP contribution in [0.3, 0.4) is 0 Å². The van der Waals surface area contributed by atoms with Gasteiger partial charge in [-0.1, -0.05) is 180 Å². The van der Waals surface area contributed by atoms with Crippen LogP contribution in [0.5, 0.6) is 0 Å². The summed E-state index contributed by atoms with van der Waals surface area (Å²) in [6.07, 6.45) is 29.6. The van der Waals surface area contributed by atoms with Crippen molar-refractivity contribution in [3.8, 4) is 0 Å². The van der Waals surface area contributed by atoms with Crippen molar-refractivity contribution in [2.75, 3.05) is 13.2 Å². The van der Waals surface area contributed by atoms with Crippen LogP contribution in [0.25, 0.3) is 0 Å². The van der Waals surface area contributed by atoms with Crippen molar-refractivity contribution in [1.29, 1.82) is 0 Å². The monoisotopic (exact) mass is 740 g/mol. The quantitative estimate of drug-likeness (QED) is 0.0282. The number of rotatable bonds is 35. The number of aliphatic hydroxyl groups is 5. The molecule has 302 valence electrons. The van der Waals surface area contributed by atoms with Crippen LogP contribution in [0.4, 0.5) is 0 Å². The highest BCUT2D eigenvalue weighted by Crippen LogP contribution is 2.22. The van der Waals surface area contributed by atoms with Crippen LogP contribution in [-0.4, -0.2) is 87.5 Å². The largest absolute Gasteiger partial charge is 0.394 e. The fraction of sp³-hybridized carbons (Fsp3) is 0.929. The fourth-order valence-corrected chi connectivity index (χ4v) is 6.86. The average molecular weight is 740 g/mol. The topological polar surface area (TPSA) is 149 Å². The van der Waals surface area contributed by atoms with Crippen LogP contribution in [0.1, 0.15) is 194 Å². The minimum Gasteiger partial charge on any atom is -0.394 e. The molecule has 0 spiro atoms. The highest BCUT2D eigenvalue weighted by Gasteiger charge is 2.44. The molecule has 0 aromatic heterocycles. The normalized spacial score (nSPS) is 22.1. The lowest BCUT2D eigenvalue weighted by atomic mass is 10.0. The second kappa shape index (κ2) is 33.5. The molecule has 1 heterocycles. The lowest BCUT2D eigenvalue weighted by molar-refractivity contribution is -0.302. The molecule has 0 aromatic carbocycles. The number of ether oxygens (including phenoxy) is 2. The van der Waals surface area contributed by atoms with E-state index in [9.17, 15) is 30.3 Å². The van der Waals surface area contributed by atoms with E-state index in [0.29, 0.717) is 6.42 Å². The van der Waals surface area contributed by atoms with E-state index in [4.69, 9.17) is 9.47 Å². The van der Waals surface area contributed by atoms with Gasteiger partial charge in [0, 0.05) is 6.42 Å². The standard InChI is InChI=1S/C42H81NO8/c1-3-5-7-9-11-13-15-17-18-20-22-24-26-28-30-32-38(46)43-35(34-50-42-41(49)40(48)39(47)37(33-44)51-42)36(45)31-29-27-25-23-21-19-16-14-12-10-8-6-4-2/h29,31,35-37,39-42,44-45,47-49H,3-28,30,32-34H2,1-2H3,(H,43,46)/b31-29+/t35-,36+,37+,39+,40-,41+,42+/m0/s1/i33+2,37+2,39+2,40+2,41+2,42+2. The number of nitrogens with one attached hydrogen (secondary N) is 1. The Labute approximate surface area is 312 Å². The van der Waals surface area contributed by atoms with E-state index in [1.807, 2.05) is 6.08 Å². The van der Waals surface area contributed by atoms with E-state index >= 15 is 0 Å². The van der Waals surface area contributed by atoms with Gasteiger partial charge in [-0.2, -0.15) is 0 Å². The first kappa shape index (κ1) is 48.0. The molecule has 51 heavy (non-hydrogen) atoms. The summed E-state index contributed by atoms with van der Waals surface area (Å²) in [5.74, 6) is -0.176. The van der Waals surface area contributed by atoms with Crippen molar-refractivity contribution in [1.82, 2.24) is 5.32 Å². The van der Waals surface area contributed by atoms with E-state index in [1.54, 1.807) is 6.08 Å². The van der Waals surface area contributed by atoms with Crippen molar-refractivity contribution in [3.05, 3.63) is 12.2 Å². The summed E-state index contributed by atoms with van der Waals surface area (Å²) in [5, 5.41) is 54.0. The Morgan fingerprint density at radius 3 is 1.55 bits per heavy atom. The summed E-state index contributed by atoms with van der Waals surface area (Å²) in [5.41, 5.74) is 0. The van der Waals surface area contributed by atoms with Crippen LogP contribution >= 0.6 is 0 Å². The van der Waals surface area contributed by atoms with Crippen molar-refractivity contribution in [2.45, 2.75) is 236 Å². The summed E-state index contributed by atoms with van der Waals surface area (Å²) in [6, 6.07) is -0.796. The maximum atomic E-state index is 12.9. The SMILES string of the molecule is CCCCCCCCCCCCC/C=C/[C@@H](O)[C@H](CO[14C@@H]1O[14C@H]([14CH2]O)[14C@@H](O)[14C@H](O)[14C@H]1O)NC(=O)CCCCCCCCCCCCCCCCC. The Morgan fingerprint density at radius 1 is 0.667 bits per heavy atom. The number of aliphatic hydroxyl groups excluding tert-OH is 5. The van der Waals surface area contributed by atoms with E-state index in [-0.39, 0.29) is 12.5 Å². The zero-order chi connectivity index (χ0) is 37.4. The van der Waals surface area contributed by atoms with Crippen molar-refractivity contribution >= 4 is 5.91 Å². The first-order valence-corrected chi connectivity index (χ1v) is 21.4. The summed E-state index contributed by atoms with van der Waals surface area (Å²) in [6.45, 7) is 3.76. The number of allylic oxidation sites excluding steroid dienone is 1. The molecule has 1 aliphatic rings. The van der Waals surface area contributed by atoms with Crippen molar-refractivity contribution in [3.63, 3.8) is 0 Å². The number of amides is 1. The molecule has 0 aliphatic carbocycles. The van der Waals surface area contributed by atoms with Gasteiger partial charge < -0.3 is 40.3 Å². The predicted molar refractivity (Wildman–Crippen MR) is 207 cm³/mol. The van der Waals surface area contributed by atoms with E-state index < -0.39 is 49.5 Å². The Hall–Kier alpha value is -1.07. The molecular weight excluding hydrogens is 658 g/mol. The van der Waals surface area contributed by atoms with Gasteiger partial charge in [0.15, 0.2) is 6.29 Å². The number of carbonyl (C=O) groups excluding carboxylic acids is 1. The van der Waals surface area contributed by atoms with Crippen LogP contribution in [0.15, 0.2) is 12.2 Å². The summed E-state index contributed by atoms with van der Waals surface area (Å²) in [7, 11) is 0. The average Bonchev–Trinajstić information content (AvgIpc) is 3.13. The molecule has 1 fully saturated rings. The number of carbonyl (C=O) groups is 1. The second-order valence-corrected chi connectivity index (χ2v) is 15.1. The van der Waals surface area contributed by atoms with E-state index in [2.05, 4.69) is 19.2 Å². The molecule has 1 amide bonds. The molecule has 1 saturated heterocycles. The molecule has 1 aliphatic heterocycles. The van der Waals surface area contributed by atoms with Gasteiger partial charge in [-0.3, -0.25) is 4.79 Å². The maximum absolute atomic E-state index is 12.9. The van der Waals surface area contributed by atoms with Crippen molar-refractivity contribution < 1.29 is 39.8 Å². The number of hydrogen-bond donors (Lipinski definition) is 6. The number of unbranched alkanes of at least 4 members (excludes halogenated alkanes) is 25. The molecule has 0 aromatic rings. The lowest BCUT2D eigenvalue weighted by Crippen LogP contribution is -2.60. The first-order chi connectivity index (χ1) is 24.8. The Bertz CT molecular complexity index is 812. The van der Waals surface area contributed by atoms with Crippen molar-refractivity contribution in [2.24, 2.45) is 0 Å². The fourth-order valence-electron chi connectivity index (χ4n) is 6.86. The van der Waals surface area contributed by atoms with Gasteiger partial charge in [-0.25, -0.2) is 0 Å². The van der Waals surface area contributed by atoms with E-state index in [1.165, 1.54) is 135 Å². The van der Waals surface area contributed by atoms with Gasteiger partial charge >= 0.3 is 0 Å². The molecule has 0 saturated carbocycles. The van der Waals surface area contributed by atoms with Gasteiger partial charge in [-0.15, -0.1) is 0 Å². The Morgan fingerprint density at radius 2 is 1.10 bits per heavy atom. The molecule has 9 heteroatoms. The van der Waals surface area contributed by atoms with Gasteiger partial charge in [0.25, 0.3) is 0 Å². The molecule has 1 rings (SSSR count). The molecule has 0 radical (unpaired) electrons. The van der Waals surface area contributed by atoms with Gasteiger partial charge in [0.2, 0.25) is 5.91 Å². The summed E-state index contributed by atoms with van der Waals surface area (Å²) in [4.78, 5) is 12.9. The summed E-state index contributed by atoms with van der Waals surface area (Å²) >= 11 is 0. The molecule has 6 N–H and O–H groups in total. The van der Waals surface area contributed by atoms with Gasteiger partial charge in [0.1, 0.15) is 24.4 Å². The molecule has 7 atom stereocenters. The third-order valence-corrected chi connectivity index (χ3v) is 10.4. The third-order valence-electron chi connectivity index (χ3n) is 10.4. The number of hydrogen-bond acceptors (Lipinski definition) is 8. The van der Waals surface area contributed by atoms with Crippen LogP contribution in [0, 0.1) is 0 Å². The van der Waals surface area contributed by atoms with Crippen LogP contribution in [0.2, 0.25) is 0 Å². The molecule has 0 unspecified atom stereocenters. The smallest absolute Gasteiger partial charge is 0.220 e. The Balaban J connectivity index is 2.39. The molecule has 9 nitrogen and oxygen atoms in total. The van der Waals surface area contributed by atoms with Crippen LogP contribution in [-0.2, 0) is 14.3 Å². The minimum atomic E-state index is -1.56. The second-order valence-electron chi connectivity index (χ2n) is 15.1. The lowest BCUT2D eigenvalue weighted by Gasteiger charge is -2.40. The van der Waals surface area contributed by atoms with Gasteiger partial charge in [0.05, 0.1) is 25.4 Å². The Kier molecular flexibility index (Phi) is 31.5. The predicted octanol–water partition coefficient (Wildman–Crippen LogP) is 8.17. The highest BCUT2D eigenvalue weighted by molar-refractivity contribution is 5.76. The highest BCUT2D eigenvalue weighted by atomic mass is 17.2. The minimum absolute atomic E-state index is 0.176. The maximum Gasteiger partial charge on any atom is 0.220 e. The zero-order valence-electron chi connectivity index (χ0n) is 32.9. The zero-order valence-corrected chi connectivity index (χ0v) is 32.9. The summed E-state index contributed by atoms with van der Waals surface area (Å²) < 4.78 is 11.2. The molecular formula is C42H81NO8. The van der Waals surface area contributed by atoms with Gasteiger partial charge in [-0.05, 0) is 19.3 Å².